The van der Waals surface area contributed by atoms with Gasteiger partial charge in [-0.25, -0.2) is 9.97 Å². The van der Waals surface area contributed by atoms with E-state index >= 15 is 0 Å². The lowest BCUT2D eigenvalue weighted by atomic mass is 10.1. The molecule has 1 N–H and O–H groups in total. The SMILES string of the molecule is C[C@@H](c1cc(Cl)ccn1)n1c(-c2ccc(OCCN3CCNCC3)cc2Cl)nc2c(OC3(C)CC3)ncnc21. The van der Waals surface area contributed by atoms with E-state index in [1.165, 1.54) is 6.33 Å². The fourth-order valence-corrected chi connectivity index (χ4v) is 5.23. The van der Waals surface area contributed by atoms with E-state index in [-0.39, 0.29) is 11.6 Å². The first-order chi connectivity index (χ1) is 18.9. The van der Waals surface area contributed by atoms with Gasteiger partial charge in [-0.1, -0.05) is 23.2 Å². The number of rotatable bonds is 9. The number of halogens is 2. The van der Waals surface area contributed by atoms with Crippen molar-refractivity contribution < 1.29 is 9.47 Å². The summed E-state index contributed by atoms with van der Waals surface area (Å²) < 4.78 is 14.3. The first-order valence-electron chi connectivity index (χ1n) is 13.3. The van der Waals surface area contributed by atoms with Crippen LogP contribution in [0.5, 0.6) is 11.6 Å². The molecule has 6 rings (SSSR count). The van der Waals surface area contributed by atoms with Gasteiger partial charge in [0, 0.05) is 49.5 Å². The van der Waals surface area contributed by atoms with Gasteiger partial charge < -0.3 is 14.8 Å². The summed E-state index contributed by atoms with van der Waals surface area (Å²) in [6.45, 7) is 9.69. The molecule has 0 amide bonds. The van der Waals surface area contributed by atoms with Crippen molar-refractivity contribution in [3.8, 4) is 23.0 Å². The molecule has 1 atom stereocenters. The maximum absolute atomic E-state index is 6.87. The van der Waals surface area contributed by atoms with E-state index < -0.39 is 0 Å². The highest BCUT2D eigenvalue weighted by molar-refractivity contribution is 6.33. The quantitative estimate of drug-likeness (QED) is 0.301. The van der Waals surface area contributed by atoms with Gasteiger partial charge in [0.15, 0.2) is 11.2 Å². The Hall–Kier alpha value is -2.98. The molecule has 1 saturated heterocycles. The minimum Gasteiger partial charge on any atom is -0.492 e. The van der Waals surface area contributed by atoms with E-state index in [0.717, 1.165) is 62.6 Å². The third-order valence-corrected chi connectivity index (χ3v) is 7.91. The Bertz CT molecular complexity index is 1480. The average Bonchev–Trinajstić information content (AvgIpc) is 3.53. The number of benzene rings is 1. The Labute approximate surface area is 237 Å². The molecule has 9 nitrogen and oxygen atoms in total. The third kappa shape index (κ3) is 5.68. The third-order valence-electron chi connectivity index (χ3n) is 7.37. The molecule has 4 heterocycles. The van der Waals surface area contributed by atoms with Crippen LogP contribution >= 0.6 is 23.2 Å². The van der Waals surface area contributed by atoms with Crippen molar-refractivity contribution in [2.45, 2.75) is 38.3 Å². The zero-order valence-corrected chi connectivity index (χ0v) is 23.5. The second-order valence-corrected chi connectivity index (χ2v) is 11.2. The van der Waals surface area contributed by atoms with Crippen molar-refractivity contribution in [3.63, 3.8) is 0 Å². The highest BCUT2D eigenvalue weighted by atomic mass is 35.5. The lowest BCUT2D eigenvalue weighted by Crippen LogP contribution is -2.44. The zero-order valence-electron chi connectivity index (χ0n) is 22.0. The van der Waals surface area contributed by atoms with Gasteiger partial charge in [0.1, 0.15) is 30.1 Å². The smallest absolute Gasteiger partial charge is 0.246 e. The molecule has 2 aliphatic rings. The van der Waals surface area contributed by atoms with Crippen molar-refractivity contribution in [1.29, 1.82) is 0 Å². The van der Waals surface area contributed by atoms with E-state index in [1.807, 2.05) is 35.8 Å². The Morgan fingerprint density at radius 1 is 1.08 bits per heavy atom. The molecule has 0 bridgehead atoms. The van der Waals surface area contributed by atoms with Gasteiger partial charge in [0.25, 0.3) is 0 Å². The highest BCUT2D eigenvalue weighted by Gasteiger charge is 2.41. The second-order valence-electron chi connectivity index (χ2n) is 10.4. The highest BCUT2D eigenvalue weighted by Crippen LogP contribution is 2.42. The van der Waals surface area contributed by atoms with Gasteiger partial charge >= 0.3 is 0 Å². The van der Waals surface area contributed by atoms with Gasteiger partial charge in [0.05, 0.1) is 16.8 Å². The minimum atomic E-state index is -0.242. The predicted molar refractivity (Wildman–Crippen MR) is 152 cm³/mol. The van der Waals surface area contributed by atoms with Crippen LogP contribution in [-0.2, 0) is 0 Å². The topological polar surface area (TPSA) is 90.2 Å². The Morgan fingerprint density at radius 3 is 2.64 bits per heavy atom. The molecule has 0 spiro atoms. The molecule has 204 valence electrons. The summed E-state index contributed by atoms with van der Waals surface area (Å²) in [7, 11) is 0. The monoisotopic (exact) mass is 567 g/mol. The predicted octanol–water partition coefficient (Wildman–Crippen LogP) is 5.02. The first kappa shape index (κ1) is 26.3. The summed E-state index contributed by atoms with van der Waals surface area (Å²) in [5.41, 5.74) is 2.54. The summed E-state index contributed by atoms with van der Waals surface area (Å²) in [6, 6.07) is 9.08. The molecule has 1 aliphatic heterocycles. The number of aromatic nitrogens is 5. The van der Waals surface area contributed by atoms with Crippen LogP contribution in [-0.4, -0.2) is 74.3 Å². The summed E-state index contributed by atoms with van der Waals surface area (Å²) >= 11 is 13.2. The van der Waals surface area contributed by atoms with Crippen molar-refractivity contribution in [1.82, 2.24) is 34.7 Å². The molecule has 1 saturated carbocycles. The molecular formula is C28H31Cl2N7O2. The Balaban J connectivity index is 1.35. The fourth-order valence-electron chi connectivity index (χ4n) is 4.81. The van der Waals surface area contributed by atoms with Crippen LogP contribution in [0.15, 0.2) is 42.9 Å². The van der Waals surface area contributed by atoms with E-state index in [2.05, 4.69) is 32.1 Å². The largest absolute Gasteiger partial charge is 0.492 e. The van der Waals surface area contributed by atoms with Crippen molar-refractivity contribution >= 4 is 34.4 Å². The van der Waals surface area contributed by atoms with Gasteiger partial charge in [-0.05, 0) is 57.0 Å². The number of hydrogen-bond acceptors (Lipinski definition) is 8. The molecule has 0 unspecified atom stereocenters. The van der Waals surface area contributed by atoms with Gasteiger partial charge in [-0.15, -0.1) is 0 Å². The summed E-state index contributed by atoms with van der Waals surface area (Å²) in [5.74, 6) is 1.83. The number of piperazine rings is 1. The molecule has 2 fully saturated rings. The minimum absolute atomic E-state index is 0.216. The lowest BCUT2D eigenvalue weighted by Gasteiger charge is -2.26. The summed E-state index contributed by atoms with van der Waals surface area (Å²) in [4.78, 5) is 21.0. The van der Waals surface area contributed by atoms with Crippen LogP contribution in [0.3, 0.4) is 0 Å². The van der Waals surface area contributed by atoms with E-state index in [0.29, 0.717) is 39.5 Å². The van der Waals surface area contributed by atoms with Gasteiger partial charge in [-0.2, -0.15) is 4.98 Å². The Kier molecular flexibility index (Phi) is 7.33. The molecular weight excluding hydrogens is 537 g/mol. The van der Waals surface area contributed by atoms with Crippen molar-refractivity contribution in [2.75, 3.05) is 39.3 Å². The van der Waals surface area contributed by atoms with Crippen LogP contribution in [0.1, 0.15) is 38.4 Å². The maximum Gasteiger partial charge on any atom is 0.246 e. The van der Waals surface area contributed by atoms with Crippen LogP contribution in [0.25, 0.3) is 22.6 Å². The molecule has 1 aliphatic carbocycles. The fraction of sp³-hybridized carbons (Fsp3) is 0.429. The lowest BCUT2D eigenvalue weighted by molar-refractivity contribution is 0.191. The van der Waals surface area contributed by atoms with E-state index in [9.17, 15) is 0 Å². The molecule has 39 heavy (non-hydrogen) atoms. The number of hydrogen-bond donors (Lipinski definition) is 1. The second kappa shape index (κ2) is 10.9. The van der Waals surface area contributed by atoms with Gasteiger partial charge in [0.2, 0.25) is 5.88 Å². The molecule has 3 aromatic heterocycles. The average molecular weight is 569 g/mol. The number of nitrogens with zero attached hydrogens (tertiary/aromatic N) is 6. The number of ether oxygens (including phenoxy) is 2. The standard InChI is InChI=1S/C28H31Cl2N7O2/c1-18(23-15-19(29)5-8-32-23)37-25(35-24-26(37)33-17-34-27(24)39-28(2)6-7-28)21-4-3-20(16-22(21)30)38-14-13-36-11-9-31-10-12-36/h3-5,8,15-18,31H,6-7,9-14H2,1-2H3/t18-/m0/s1. The molecule has 11 heteroatoms. The normalized spacial score (nSPS) is 17.7. The van der Waals surface area contributed by atoms with Crippen molar-refractivity contribution in [2.24, 2.45) is 0 Å². The number of nitrogens with one attached hydrogen (secondary N) is 1. The molecule has 1 aromatic carbocycles. The number of fused-ring (bicyclic) bond motifs is 1. The van der Waals surface area contributed by atoms with Crippen LogP contribution < -0.4 is 14.8 Å². The summed E-state index contributed by atoms with van der Waals surface area (Å²) in [6.07, 6.45) is 5.18. The molecule has 0 radical (unpaired) electrons. The molecule has 4 aromatic rings. The van der Waals surface area contributed by atoms with E-state index in [4.69, 9.17) is 37.7 Å². The Morgan fingerprint density at radius 2 is 1.90 bits per heavy atom. The number of pyridine rings is 1. The maximum atomic E-state index is 6.87. The van der Waals surface area contributed by atoms with Crippen LogP contribution in [0.2, 0.25) is 10.0 Å². The zero-order chi connectivity index (χ0) is 27.0. The van der Waals surface area contributed by atoms with Crippen LogP contribution in [0, 0.1) is 0 Å². The first-order valence-corrected chi connectivity index (χ1v) is 14.0. The van der Waals surface area contributed by atoms with Gasteiger partial charge in [-0.3, -0.25) is 14.5 Å². The van der Waals surface area contributed by atoms with Crippen molar-refractivity contribution in [3.05, 3.63) is 58.6 Å². The number of imidazole rings is 1. The van der Waals surface area contributed by atoms with E-state index in [1.54, 1.807) is 12.3 Å². The summed E-state index contributed by atoms with van der Waals surface area (Å²) in [5, 5.41) is 4.51. The van der Waals surface area contributed by atoms with Crippen LogP contribution in [0.4, 0.5) is 0 Å².